The summed E-state index contributed by atoms with van der Waals surface area (Å²) < 4.78 is 42.1. The van der Waals surface area contributed by atoms with Gasteiger partial charge in [-0.05, 0) is 66.6 Å². The zero-order valence-electron chi connectivity index (χ0n) is 17.9. The minimum absolute atomic E-state index is 0.0172. The molecular formula is C25H21F3N4O2. The highest BCUT2D eigenvalue weighted by molar-refractivity contribution is 6.01. The maximum absolute atomic E-state index is 14.9. The molecule has 0 unspecified atom stereocenters. The van der Waals surface area contributed by atoms with E-state index in [1.165, 1.54) is 48.7 Å². The fourth-order valence-electron chi connectivity index (χ4n) is 3.65. The summed E-state index contributed by atoms with van der Waals surface area (Å²) >= 11 is 0. The van der Waals surface area contributed by atoms with Gasteiger partial charge in [-0.2, -0.15) is 5.10 Å². The number of hydrogen-bond acceptors (Lipinski definition) is 4. The van der Waals surface area contributed by atoms with Gasteiger partial charge in [-0.25, -0.2) is 13.2 Å². The highest BCUT2D eigenvalue weighted by Gasteiger charge is 2.22. The summed E-state index contributed by atoms with van der Waals surface area (Å²) in [5.41, 5.74) is 1.52. The van der Waals surface area contributed by atoms with E-state index in [9.17, 15) is 23.1 Å². The van der Waals surface area contributed by atoms with E-state index in [1.807, 2.05) is 0 Å². The minimum atomic E-state index is -0.653. The van der Waals surface area contributed by atoms with Crippen LogP contribution in [0.3, 0.4) is 0 Å². The van der Waals surface area contributed by atoms with Crippen LogP contribution in [-0.2, 0) is 6.42 Å². The molecule has 0 bridgehead atoms. The van der Waals surface area contributed by atoms with Crippen LogP contribution in [0.5, 0.6) is 0 Å². The fraction of sp³-hybridized carbons (Fsp3) is 0.160. The van der Waals surface area contributed by atoms with Gasteiger partial charge >= 0.3 is 0 Å². The van der Waals surface area contributed by atoms with Gasteiger partial charge in [-0.15, -0.1) is 0 Å². The largest absolute Gasteiger partial charge is 0.396 e. The normalized spacial score (nSPS) is 11.9. The predicted octanol–water partition coefficient (Wildman–Crippen LogP) is 4.28. The van der Waals surface area contributed by atoms with Crippen molar-refractivity contribution in [2.24, 2.45) is 0 Å². The molecule has 1 amide bonds. The number of hydrogen-bond donors (Lipinski definition) is 3. The van der Waals surface area contributed by atoms with Gasteiger partial charge in [0.25, 0.3) is 5.91 Å². The highest BCUT2D eigenvalue weighted by atomic mass is 19.1. The van der Waals surface area contributed by atoms with E-state index in [2.05, 4.69) is 20.5 Å². The summed E-state index contributed by atoms with van der Waals surface area (Å²) in [5.74, 6) is -2.16. The second-order valence-electron chi connectivity index (χ2n) is 7.65. The first-order valence-corrected chi connectivity index (χ1v) is 10.6. The van der Waals surface area contributed by atoms with Gasteiger partial charge in [0, 0.05) is 25.3 Å². The second-order valence-corrected chi connectivity index (χ2v) is 7.65. The molecule has 0 radical (unpaired) electrons. The molecule has 0 saturated carbocycles. The van der Waals surface area contributed by atoms with Gasteiger partial charge in [0.1, 0.15) is 17.5 Å². The Labute approximate surface area is 193 Å². The van der Waals surface area contributed by atoms with E-state index in [-0.39, 0.29) is 47.8 Å². The molecule has 34 heavy (non-hydrogen) atoms. The number of nitrogens with zero attached hydrogens (tertiary/aromatic N) is 2. The molecule has 9 heteroatoms. The van der Waals surface area contributed by atoms with Crippen molar-refractivity contribution in [1.29, 1.82) is 0 Å². The molecule has 6 nitrogen and oxygen atoms in total. The molecule has 0 spiro atoms. The molecule has 0 fully saturated rings. The number of H-pyrrole nitrogens is 1. The van der Waals surface area contributed by atoms with E-state index >= 15 is 0 Å². The van der Waals surface area contributed by atoms with Gasteiger partial charge in [-0.1, -0.05) is 6.07 Å². The Morgan fingerprint density at radius 2 is 1.79 bits per heavy atom. The van der Waals surface area contributed by atoms with Crippen LogP contribution in [0, 0.1) is 17.5 Å². The van der Waals surface area contributed by atoms with Gasteiger partial charge < -0.3 is 10.4 Å². The Bertz CT molecular complexity index is 1290. The van der Waals surface area contributed by atoms with E-state index < -0.39 is 23.6 Å². The van der Waals surface area contributed by atoms with Crippen molar-refractivity contribution in [2.75, 3.05) is 6.61 Å². The quantitative estimate of drug-likeness (QED) is 0.362. The van der Waals surface area contributed by atoms with Crippen molar-refractivity contribution in [3.8, 4) is 22.5 Å². The molecule has 0 aliphatic carbocycles. The van der Waals surface area contributed by atoms with Crippen molar-refractivity contribution in [1.82, 2.24) is 20.5 Å². The Balaban J connectivity index is 1.61. The average molecular weight is 466 g/mol. The topological polar surface area (TPSA) is 90.9 Å². The maximum atomic E-state index is 14.9. The molecule has 2 heterocycles. The van der Waals surface area contributed by atoms with Gasteiger partial charge in [0.15, 0.2) is 0 Å². The molecule has 2 aromatic heterocycles. The third-order valence-electron chi connectivity index (χ3n) is 5.33. The van der Waals surface area contributed by atoms with Gasteiger partial charge in [0.05, 0.1) is 28.2 Å². The standard InChI is InChI=1S/C25H21F3N4O2/c26-16-8-6-15(7-9-16)21-14-23(32-31-21)24-18(3-1-4-20(24)28)25(34)30-17(10-12-33)13-22-19(27)5-2-11-29-22/h1-9,11,14,17,33H,10,12-13H2,(H,30,34)(H,31,32)/t17-/m0/s1. The van der Waals surface area contributed by atoms with Crippen LogP contribution in [0.1, 0.15) is 22.5 Å². The zero-order valence-corrected chi connectivity index (χ0v) is 17.9. The second kappa shape index (κ2) is 10.3. The van der Waals surface area contributed by atoms with Crippen LogP contribution in [0.4, 0.5) is 13.2 Å². The minimum Gasteiger partial charge on any atom is -0.396 e. The molecule has 2 aromatic carbocycles. The zero-order chi connectivity index (χ0) is 24.1. The smallest absolute Gasteiger partial charge is 0.252 e. The lowest BCUT2D eigenvalue weighted by Gasteiger charge is -2.19. The third-order valence-corrected chi connectivity index (χ3v) is 5.33. The van der Waals surface area contributed by atoms with Gasteiger partial charge in [-0.3, -0.25) is 14.9 Å². The molecule has 174 valence electrons. The molecule has 3 N–H and O–H groups in total. The Kier molecular flexibility index (Phi) is 7.03. The molecule has 1 atom stereocenters. The molecule has 4 rings (SSSR count). The summed E-state index contributed by atoms with van der Waals surface area (Å²) in [7, 11) is 0. The van der Waals surface area contributed by atoms with Crippen LogP contribution in [0.15, 0.2) is 66.9 Å². The molecular weight excluding hydrogens is 445 g/mol. The maximum Gasteiger partial charge on any atom is 0.252 e. The van der Waals surface area contributed by atoms with E-state index in [0.29, 0.717) is 11.3 Å². The first kappa shape index (κ1) is 23.2. The lowest BCUT2D eigenvalue weighted by atomic mass is 10.0. The van der Waals surface area contributed by atoms with Crippen LogP contribution in [-0.4, -0.2) is 38.8 Å². The first-order chi connectivity index (χ1) is 16.5. The van der Waals surface area contributed by atoms with E-state index in [0.717, 1.165) is 0 Å². The lowest BCUT2D eigenvalue weighted by molar-refractivity contribution is 0.0930. The first-order valence-electron chi connectivity index (χ1n) is 10.6. The number of halogens is 3. The Morgan fingerprint density at radius 1 is 1.03 bits per heavy atom. The van der Waals surface area contributed by atoms with Crippen molar-refractivity contribution >= 4 is 5.91 Å². The van der Waals surface area contributed by atoms with E-state index in [1.54, 1.807) is 18.2 Å². The monoisotopic (exact) mass is 466 g/mol. The number of pyridine rings is 1. The number of carbonyl (C=O) groups is 1. The summed E-state index contributed by atoms with van der Waals surface area (Å²) in [4.78, 5) is 17.1. The highest BCUT2D eigenvalue weighted by Crippen LogP contribution is 2.29. The predicted molar refractivity (Wildman–Crippen MR) is 120 cm³/mol. The van der Waals surface area contributed by atoms with E-state index in [4.69, 9.17) is 0 Å². The number of aliphatic hydroxyl groups is 1. The molecule has 4 aromatic rings. The number of nitrogens with one attached hydrogen (secondary N) is 2. The Hall–Kier alpha value is -3.98. The number of benzene rings is 2. The summed E-state index contributed by atoms with van der Waals surface area (Å²) in [6, 6.07) is 13.4. The van der Waals surface area contributed by atoms with Crippen LogP contribution in [0.2, 0.25) is 0 Å². The van der Waals surface area contributed by atoms with Crippen molar-refractivity contribution in [3.05, 3.63) is 95.6 Å². The number of aliphatic hydroxyl groups excluding tert-OH is 1. The SMILES string of the molecule is O=C(N[C@@H](CCO)Cc1ncccc1F)c1cccc(F)c1-c1cc(-c2ccc(F)cc2)[nH]n1. The van der Waals surface area contributed by atoms with Crippen LogP contribution in [0.25, 0.3) is 22.5 Å². The van der Waals surface area contributed by atoms with Crippen LogP contribution < -0.4 is 5.32 Å². The van der Waals surface area contributed by atoms with Crippen molar-refractivity contribution in [2.45, 2.75) is 18.9 Å². The summed E-state index contributed by atoms with van der Waals surface area (Å²) in [5, 5.41) is 19.1. The molecule has 0 aliphatic heterocycles. The number of aromatic nitrogens is 3. The molecule has 0 aliphatic rings. The lowest BCUT2D eigenvalue weighted by Crippen LogP contribution is -2.38. The Morgan fingerprint density at radius 3 is 2.53 bits per heavy atom. The van der Waals surface area contributed by atoms with Gasteiger partial charge in [0.2, 0.25) is 0 Å². The molecule has 0 saturated heterocycles. The van der Waals surface area contributed by atoms with Crippen molar-refractivity contribution < 1.29 is 23.1 Å². The number of amides is 1. The van der Waals surface area contributed by atoms with Crippen molar-refractivity contribution in [3.63, 3.8) is 0 Å². The number of rotatable bonds is 8. The summed E-state index contributed by atoms with van der Waals surface area (Å²) in [6.07, 6.45) is 1.65. The summed E-state index contributed by atoms with van der Waals surface area (Å²) in [6.45, 7) is -0.240. The number of aromatic amines is 1. The average Bonchev–Trinajstić information content (AvgIpc) is 3.30. The third kappa shape index (κ3) is 5.15. The fourth-order valence-corrected chi connectivity index (χ4v) is 3.65. The number of carbonyl (C=O) groups excluding carboxylic acids is 1. The van der Waals surface area contributed by atoms with Crippen LogP contribution >= 0.6 is 0 Å².